The highest BCUT2D eigenvalue weighted by atomic mass is 16.7. The smallest absolute Gasteiger partial charge is 0.187 e. The SMILES string of the molecule is OC[C@H]1O[C@H](O)[C@@H](O[C@H]2O[C@H](CO)[C@@H](O)[C@H](O)[C@@H]2O)[C@@H](O)[C@H]1O. The van der Waals surface area contributed by atoms with E-state index in [0.717, 1.165) is 0 Å². The first-order chi connectivity index (χ1) is 10.8. The molecule has 0 unspecified atom stereocenters. The van der Waals surface area contributed by atoms with Crippen molar-refractivity contribution in [1.82, 2.24) is 0 Å². The maximum atomic E-state index is 9.94. The Labute approximate surface area is 130 Å². The van der Waals surface area contributed by atoms with Gasteiger partial charge in [0.05, 0.1) is 13.2 Å². The van der Waals surface area contributed by atoms with Crippen molar-refractivity contribution in [2.45, 2.75) is 61.4 Å². The molecule has 0 spiro atoms. The average Bonchev–Trinajstić information content (AvgIpc) is 2.54. The molecule has 2 aliphatic rings. The second-order valence-electron chi connectivity index (χ2n) is 5.53. The molecular formula is C12H22O11. The maximum Gasteiger partial charge on any atom is 0.187 e. The van der Waals surface area contributed by atoms with Crippen LogP contribution in [0, 0.1) is 0 Å². The molecule has 2 rings (SSSR count). The Hall–Kier alpha value is -0.440. The summed E-state index contributed by atoms with van der Waals surface area (Å²) in [5.41, 5.74) is 0. The summed E-state index contributed by atoms with van der Waals surface area (Å²) in [5.74, 6) is 0. The lowest BCUT2D eigenvalue weighted by Crippen LogP contribution is -2.64. The van der Waals surface area contributed by atoms with Gasteiger partial charge in [-0.15, -0.1) is 0 Å². The van der Waals surface area contributed by atoms with Crippen LogP contribution in [0.2, 0.25) is 0 Å². The van der Waals surface area contributed by atoms with E-state index >= 15 is 0 Å². The Morgan fingerprint density at radius 3 is 1.74 bits per heavy atom. The normalized spacial score (nSPS) is 51.7. The molecule has 0 amide bonds. The Morgan fingerprint density at radius 1 is 0.652 bits per heavy atom. The quantitative estimate of drug-likeness (QED) is 0.243. The van der Waals surface area contributed by atoms with Gasteiger partial charge < -0.3 is 55.1 Å². The van der Waals surface area contributed by atoms with Crippen molar-refractivity contribution in [2.75, 3.05) is 13.2 Å². The summed E-state index contributed by atoms with van der Waals surface area (Å²) in [6.07, 6.45) is -15.6. The molecule has 11 heteroatoms. The second kappa shape index (κ2) is 7.63. The third-order valence-corrected chi connectivity index (χ3v) is 3.98. The van der Waals surface area contributed by atoms with Crippen molar-refractivity contribution in [3.63, 3.8) is 0 Å². The molecule has 2 saturated heterocycles. The average molecular weight is 342 g/mol. The van der Waals surface area contributed by atoms with Crippen LogP contribution >= 0.6 is 0 Å². The fourth-order valence-corrected chi connectivity index (χ4v) is 2.55. The molecule has 0 aromatic heterocycles. The Kier molecular flexibility index (Phi) is 6.27. The topological polar surface area (TPSA) is 190 Å². The van der Waals surface area contributed by atoms with Crippen molar-refractivity contribution in [3.05, 3.63) is 0 Å². The molecule has 0 aromatic rings. The van der Waals surface area contributed by atoms with Crippen molar-refractivity contribution < 1.29 is 55.1 Å². The van der Waals surface area contributed by atoms with Gasteiger partial charge in [0.2, 0.25) is 0 Å². The molecule has 0 saturated carbocycles. The highest BCUT2D eigenvalue weighted by Crippen LogP contribution is 2.28. The van der Waals surface area contributed by atoms with Gasteiger partial charge in [0.1, 0.15) is 48.8 Å². The molecule has 11 nitrogen and oxygen atoms in total. The number of hydrogen-bond acceptors (Lipinski definition) is 11. The fraction of sp³-hybridized carbons (Fsp3) is 1.00. The third-order valence-electron chi connectivity index (χ3n) is 3.98. The molecule has 136 valence electrons. The molecule has 0 radical (unpaired) electrons. The minimum Gasteiger partial charge on any atom is -0.394 e. The van der Waals surface area contributed by atoms with E-state index in [2.05, 4.69) is 0 Å². The van der Waals surface area contributed by atoms with E-state index in [1.54, 1.807) is 0 Å². The van der Waals surface area contributed by atoms with E-state index in [9.17, 15) is 30.6 Å². The number of ether oxygens (including phenoxy) is 3. The van der Waals surface area contributed by atoms with Crippen molar-refractivity contribution in [3.8, 4) is 0 Å². The maximum absolute atomic E-state index is 9.94. The largest absolute Gasteiger partial charge is 0.394 e. The van der Waals surface area contributed by atoms with E-state index in [1.807, 2.05) is 0 Å². The summed E-state index contributed by atoms with van der Waals surface area (Å²) in [6.45, 7) is -1.33. The predicted molar refractivity (Wildman–Crippen MR) is 68.6 cm³/mol. The van der Waals surface area contributed by atoms with Crippen molar-refractivity contribution in [2.24, 2.45) is 0 Å². The predicted octanol–water partition coefficient (Wildman–Crippen LogP) is -5.40. The fourth-order valence-electron chi connectivity index (χ4n) is 2.55. The molecule has 0 bridgehead atoms. The summed E-state index contributed by atoms with van der Waals surface area (Å²) in [4.78, 5) is 0. The van der Waals surface area contributed by atoms with Gasteiger partial charge >= 0.3 is 0 Å². The highest BCUT2D eigenvalue weighted by molar-refractivity contribution is 4.93. The molecule has 10 atom stereocenters. The van der Waals surface area contributed by atoms with Crippen LogP contribution in [0.3, 0.4) is 0 Å². The lowest BCUT2D eigenvalue weighted by atomic mass is 9.97. The zero-order chi connectivity index (χ0) is 17.3. The van der Waals surface area contributed by atoms with Gasteiger partial charge in [-0.3, -0.25) is 0 Å². The van der Waals surface area contributed by atoms with Gasteiger partial charge in [0.25, 0.3) is 0 Å². The Bertz CT molecular complexity index is 380. The number of aliphatic hydroxyl groups excluding tert-OH is 8. The van der Waals surface area contributed by atoms with Crippen LogP contribution in [0.1, 0.15) is 0 Å². The summed E-state index contributed by atoms with van der Waals surface area (Å²) >= 11 is 0. The molecule has 2 fully saturated rings. The first-order valence-electron chi connectivity index (χ1n) is 7.08. The molecule has 2 heterocycles. The zero-order valence-electron chi connectivity index (χ0n) is 12.0. The van der Waals surface area contributed by atoms with Crippen LogP contribution in [0.25, 0.3) is 0 Å². The lowest BCUT2D eigenvalue weighted by molar-refractivity contribution is -0.361. The summed E-state index contributed by atoms with van der Waals surface area (Å²) < 4.78 is 15.1. The molecule has 23 heavy (non-hydrogen) atoms. The van der Waals surface area contributed by atoms with Gasteiger partial charge in [-0.25, -0.2) is 0 Å². The molecule has 2 aliphatic heterocycles. The molecule has 8 N–H and O–H groups in total. The van der Waals surface area contributed by atoms with E-state index in [0.29, 0.717) is 0 Å². The highest BCUT2D eigenvalue weighted by Gasteiger charge is 2.50. The van der Waals surface area contributed by atoms with Crippen LogP contribution in [-0.2, 0) is 14.2 Å². The van der Waals surface area contributed by atoms with Gasteiger partial charge in [-0.05, 0) is 0 Å². The number of hydrogen-bond donors (Lipinski definition) is 8. The van der Waals surface area contributed by atoms with Crippen LogP contribution in [-0.4, -0.2) is 115 Å². The van der Waals surface area contributed by atoms with Crippen LogP contribution in [0.4, 0.5) is 0 Å². The number of aliphatic hydroxyl groups is 8. The molecule has 0 aliphatic carbocycles. The van der Waals surface area contributed by atoms with E-state index < -0.39 is 74.6 Å². The van der Waals surface area contributed by atoms with Gasteiger partial charge in [-0.1, -0.05) is 0 Å². The monoisotopic (exact) mass is 342 g/mol. The van der Waals surface area contributed by atoms with Crippen LogP contribution in [0.5, 0.6) is 0 Å². The van der Waals surface area contributed by atoms with Gasteiger partial charge in [0, 0.05) is 0 Å². The van der Waals surface area contributed by atoms with E-state index in [4.69, 9.17) is 24.4 Å². The second-order valence-corrected chi connectivity index (χ2v) is 5.53. The minimum absolute atomic E-state index is 0.651. The van der Waals surface area contributed by atoms with E-state index in [-0.39, 0.29) is 0 Å². The standard InChI is InChI=1S/C12H22O11/c13-1-3-6(16)8(18)10(11(20)21-3)23-12-9(19)7(17)5(15)4(2-14)22-12/h3-20H,1-2H2/t3-,4-,5-,6+,7+,8+,9+,10+,11+,12-/m1/s1. The van der Waals surface area contributed by atoms with Crippen molar-refractivity contribution >= 4 is 0 Å². The van der Waals surface area contributed by atoms with Crippen LogP contribution in [0.15, 0.2) is 0 Å². The van der Waals surface area contributed by atoms with E-state index in [1.165, 1.54) is 0 Å². The van der Waals surface area contributed by atoms with Gasteiger partial charge in [0.15, 0.2) is 12.6 Å². The van der Waals surface area contributed by atoms with Crippen molar-refractivity contribution in [1.29, 1.82) is 0 Å². The van der Waals surface area contributed by atoms with Gasteiger partial charge in [-0.2, -0.15) is 0 Å². The van der Waals surface area contributed by atoms with Crippen LogP contribution < -0.4 is 0 Å². The zero-order valence-corrected chi connectivity index (χ0v) is 12.0. The Morgan fingerprint density at radius 2 is 1.17 bits per heavy atom. The first-order valence-corrected chi connectivity index (χ1v) is 7.08. The first kappa shape index (κ1) is 18.9. The molecular weight excluding hydrogens is 320 g/mol. The number of rotatable bonds is 4. The molecule has 0 aromatic carbocycles. The summed E-state index contributed by atoms with van der Waals surface area (Å²) in [7, 11) is 0. The minimum atomic E-state index is -1.75. The summed E-state index contributed by atoms with van der Waals surface area (Å²) in [5, 5.41) is 76.7. The lowest BCUT2D eigenvalue weighted by Gasteiger charge is -2.44. The summed E-state index contributed by atoms with van der Waals surface area (Å²) in [6, 6.07) is 0. The third kappa shape index (κ3) is 3.65. The Balaban J connectivity index is 2.08.